The molecule has 3 aromatic rings. The Morgan fingerprint density at radius 3 is 2.27 bits per heavy atom. The number of imide groups is 1. The Hall–Kier alpha value is -3.45. The lowest BCUT2D eigenvalue weighted by molar-refractivity contribution is -0.140. The van der Waals surface area contributed by atoms with Crippen LogP contribution < -0.4 is 5.32 Å². The number of thiophene rings is 1. The third-order valence-corrected chi connectivity index (χ3v) is 7.61. The Morgan fingerprint density at radius 1 is 1.03 bits per heavy atom. The average molecular weight is 460 g/mol. The molecule has 0 spiro atoms. The number of nitrogens with one attached hydrogen (secondary N) is 1. The molecule has 2 aromatic carbocycles. The van der Waals surface area contributed by atoms with Crippen molar-refractivity contribution in [2.75, 3.05) is 13.1 Å². The maximum Gasteiger partial charge on any atom is 0.326 e. The number of carbonyl (C=O) groups is 3. The second-order valence-corrected chi connectivity index (χ2v) is 9.36. The molecule has 33 heavy (non-hydrogen) atoms. The highest BCUT2D eigenvalue weighted by Gasteiger charge is 2.54. The van der Waals surface area contributed by atoms with Gasteiger partial charge in [0.15, 0.2) is 5.54 Å². The van der Waals surface area contributed by atoms with Crippen molar-refractivity contribution in [1.82, 2.24) is 15.1 Å². The molecule has 0 aliphatic carbocycles. The molecule has 2 aliphatic rings. The quantitative estimate of drug-likeness (QED) is 0.585. The van der Waals surface area contributed by atoms with Crippen molar-refractivity contribution in [3.63, 3.8) is 0 Å². The summed E-state index contributed by atoms with van der Waals surface area (Å²) in [5.41, 5.74) is 1.16. The van der Waals surface area contributed by atoms with Crippen LogP contribution >= 0.6 is 11.3 Å². The number of amides is 4. The topological polar surface area (TPSA) is 69.7 Å². The van der Waals surface area contributed by atoms with E-state index in [0.29, 0.717) is 17.7 Å². The fourth-order valence-corrected chi connectivity index (χ4v) is 5.94. The summed E-state index contributed by atoms with van der Waals surface area (Å²) >= 11 is 1.72. The van der Waals surface area contributed by atoms with Gasteiger partial charge in [-0.3, -0.25) is 14.5 Å². The Labute approximate surface area is 196 Å². The van der Waals surface area contributed by atoms with Crippen LogP contribution in [0.3, 0.4) is 0 Å². The minimum atomic E-state index is -1.35. The minimum absolute atomic E-state index is 0.0266. The normalized spacial score (nSPS) is 19.4. The van der Waals surface area contributed by atoms with E-state index < -0.39 is 17.5 Å². The van der Waals surface area contributed by atoms with Crippen LogP contribution in [0.25, 0.3) is 0 Å². The molecule has 3 heterocycles. The van der Waals surface area contributed by atoms with Gasteiger partial charge in [0.25, 0.3) is 5.91 Å². The summed E-state index contributed by atoms with van der Waals surface area (Å²) < 4.78 is 0. The van der Waals surface area contributed by atoms with Crippen LogP contribution in [0.1, 0.15) is 41.0 Å². The standard InChI is InChI=1S/C26H25N3O3S/c1-2-21-20-14-16-33-22(20)13-15-28(21)23(30)17-29-24(31)26(27-25(29)32,18-9-5-3-6-10-18)19-11-7-4-8-12-19/h3-12,14,16,21H,2,13,15,17H2,1H3,(H,27,32). The van der Waals surface area contributed by atoms with Gasteiger partial charge in [-0.15, -0.1) is 11.3 Å². The van der Waals surface area contributed by atoms with Crippen LogP contribution in [0.2, 0.25) is 0 Å². The number of hydrogen-bond donors (Lipinski definition) is 1. The van der Waals surface area contributed by atoms with E-state index in [2.05, 4.69) is 23.7 Å². The summed E-state index contributed by atoms with van der Waals surface area (Å²) in [5, 5.41) is 4.98. The largest absolute Gasteiger partial charge is 0.334 e. The predicted molar refractivity (Wildman–Crippen MR) is 127 cm³/mol. The molecular weight excluding hydrogens is 434 g/mol. The first-order valence-electron chi connectivity index (χ1n) is 11.2. The lowest BCUT2D eigenvalue weighted by Crippen LogP contribution is -2.48. The van der Waals surface area contributed by atoms with E-state index in [1.165, 1.54) is 10.4 Å². The lowest BCUT2D eigenvalue weighted by atomic mass is 9.82. The number of rotatable bonds is 5. The second-order valence-electron chi connectivity index (χ2n) is 8.36. The maximum absolute atomic E-state index is 13.8. The number of carbonyl (C=O) groups excluding carboxylic acids is 3. The third kappa shape index (κ3) is 3.43. The van der Waals surface area contributed by atoms with Gasteiger partial charge in [0, 0.05) is 11.4 Å². The Bertz CT molecular complexity index is 1150. The molecule has 0 radical (unpaired) electrons. The summed E-state index contributed by atoms with van der Waals surface area (Å²) in [6.07, 6.45) is 1.58. The van der Waals surface area contributed by atoms with Gasteiger partial charge in [-0.2, -0.15) is 0 Å². The fourth-order valence-electron chi connectivity index (χ4n) is 5.02. The van der Waals surface area contributed by atoms with Crippen molar-refractivity contribution >= 4 is 29.2 Å². The lowest BCUT2D eigenvalue weighted by Gasteiger charge is -2.36. The van der Waals surface area contributed by atoms with Gasteiger partial charge in [0.2, 0.25) is 5.91 Å². The van der Waals surface area contributed by atoms with Crippen LogP contribution in [0.4, 0.5) is 4.79 Å². The van der Waals surface area contributed by atoms with Crippen molar-refractivity contribution in [3.8, 4) is 0 Å². The van der Waals surface area contributed by atoms with Crippen LogP contribution in [-0.4, -0.2) is 40.7 Å². The van der Waals surface area contributed by atoms with Crippen LogP contribution in [-0.2, 0) is 21.5 Å². The van der Waals surface area contributed by atoms with E-state index in [4.69, 9.17) is 0 Å². The number of nitrogens with zero attached hydrogens (tertiary/aromatic N) is 2. The Balaban J connectivity index is 1.46. The zero-order valence-corrected chi connectivity index (χ0v) is 19.2. The molecule has 0 bridgehead atoms. The second kappa shape index (κ2) is 8.48. The molecule has 5 rings (SSSR count). The molecule has 1 aromatic heterocycles. The monoisotopic (exact) mass is 459 g/mol. The molecule has 2 aliphatic heterocycles. The van der Waals surface area contributed by atoms with Crippen molar-refractivity contribution in [2.45, 2.75) is 31.3 Å². The summed E-state index contributed by atoms with van der Waals surface area (Å²) in [6, 6.07) is 19.9. The smallest absolute Gasteiger partial charge is 0.326 e. The fraction of sp³-hybridized carbons (Fsp3) is 0.269. The van der Waals surface area contributed by atoms with Crippen molar-refractivity contribution in [1.29, 1.82) is 0 Å². The number of urea groups is 1. The van der Waals surface area contributed by atoms with Crippen molar-refractivity contribution < 1.29 is 14.4 Å². The van der Waals surface area contributed by atoms with E-state index in [1.54, 1.807) is 11.3 Å². The van der Waals surface area contributed by atoms with Gasteiger partial charge in [-0.25, -0.2) is 4.79 Å². The van der Waals surface area contributed by atoms with Crippen LogP contribution in [0.5, 0.6) is 0 Å². The summed E-state index contributed by atoms with van der Waals surface area (Å²) in [4.78, 5) is 44.5. The van der Waals surface area contributed by atoms with Gasteiger partial charge in [-0.05, 0) is 41.0 Å². The maximum atomic E-state index is 13.8. The Morgan fingerprint density at radius 2 is 1.67 bits per heavy atom. The molecule has 1 atom stereocenters. The van der Waals surface area contributed by atoms with Gasteiger partial charge in [-0.1, -0.05) is 67.6 Å². The van der Waals surface area contributed by atoms with E-state index in [0.717, 1.165) is 17.7 Å². The molecule has 1 unspecified atom stereocenters. The summed E-state index contributed by atoms with van der Waals surface area (Å²) in [7, 11) is 0. The first-order chi connectivity index (χ1) is 16.1. The van der Waals surface area contributed by atoms with Crippen molar-refractivity contribution in [2.24, 2.45) is 0 Å². The highest BCUT2D eigenvalue weighted by molar-refractivity contribution is 7.10. The first kappa shape index (κ1) is 21.4. The van der Waals surface area contributed by atoms with Gasteiger partial charge >= 0.3 is 6.03 Å². The van der Waals surface area contributed by atoms with E-state index in [9.17, 15) is 14.4 Å². The third-order valence-electron chi connectivity index (χ3n) is 6.61. The minimum Gasteiger partial charge on any atom is -0.334 e. The summed E-state index contributed by atoms with van der Waals surface area (Å²) in [5.74, 6) is -0.640. The number of fused-ring (bicyclic) bond motifs is 1. The average Bonchev–Trinajstić information content (AvgIpc) is 3.43. The predicted octanol–water partition coefficient (Wildman–Crippen LogP) is 4.08. The zero-order valence-electron chi connectivity index (χ0n) is 18.4. The molecule has 1 saturated heterocycles. The van der Waals surface area contributed by atoms with E-state index in [-0.39, 0.29) is 18.5 Å². The summed E-state index contributed by atoms with van der Waals surface area (Å²) in [6.45, 7) is 2.38. The zero-order chi connectivity index (χ0) is 23.0. The highest BCUT2D eigenvalue weighted by Crippen LogP contribution is 2.38. The molecule has 4 amide bonds. The number of hydrogen-bond acceptors (Lipinski definition) is 4. The highest BCUT2D eigenvalue weighted by atomic mass is 32.1. The van der Waals surface area contributed by atoms with Crippen LogP contribution in [0, 0.1) is 0 Å². The van der Waals surface area contributed by atoms with Crippen molar-refractivity contribution in [3.05, 3.63) is 93.7 Å². The molecule has 0 saturated carbocycles. The van der Waals surface area contributed by atoms with E-state index in [1.807, 2.05) is 65.6 Å². The molecule has 1 fully saturated rings. The Kier molecular flexibility index (Phi) is 5.50. The van der Waals surface area contributed by atoms with Gasteiger partial charge < -0.3 is 10.2 Å². The van der Waals surface area contributed by atoms with Crippen LogP contribution in [0.15, 0.2) is 72.1 Å². The van der Waals surface area contributed by atoms with Gasteiger partial charge in [0.05, 0.1) is 6.04 Å². The first-order valence-corrected chi connectivity index (χ1v) is 12.0. The molecular formula is C26H25N3O3S. The molecule has 168 valence electrons. The van der Waals surface area contributed by atoms with Gasteiger partial charge in [0.1, 0.15) is 6.54 Å². The molecule has 6 nitrogen and oxygen atoms in total. The molecule has 7 heteroatoms. The van der Waals surface area contributed by atoms with E-state index >= 15 is 0 Å². The number of benzene rings is 2. The molecule has 1 N–H and O–H groups in total. The SMILES string of the molecule is CCC1c2ccsc2CCN1C(=O)CN1C(=O)NC(c2ccccc2)(c2ccccc2)C1=O.